The summed E-state index contributed by atoms with van der Waals surface area (Å²) >= 11 is 3.16. The van der Waals surface area contributed by atoms with Crippen LogP contribution in [0.2, 0.25) is 0 Å². The fraction of sp³-hybridized carbons (Fsp3) is 0.273. The number of amides is 1. The van der Waals surface area contributed by atoms with Gasteiger partial charge in [0, 0.05) is 11.0 Å². The van der Waals surface area contributed by atoms with E-state index in [0.29, 0.717) is 10.0 Å². The van der Waals surface area contributed by atoms with Gasteiger partial charge >= 0.3 is 5.97 Å². The number of carbonyl (C=O) groups is 2. The molecule has 0 saturated carbocycles. The average molecular weight is 304 g/mol. The number of hydrogen-bond donors (Lipinski definition) is 2. The number of carboxylic acids is 1. The number of nitrogens with one attached hydrogen (secondary N) is 1. The summed E-state index contributed by atoms with van der Waals surface area (Å²) in [6.45, 7) is 1.45. The Kier molecular flexibility index (Phi) is 4.62. The van der Waals surface area contributed by atoms with Gasteiger partial charge in [-0.15, -0.1) is 0 Å². The van der Waals surface area contributed by atoms with Crippen LogP contribution in [0.4, 0.5) is 4.39 Å². The van der Waals surface area contributed by atoms with Gasteiger partial charge in [0.15, 0.2) is 0 Å². The smallest absolute Gasteiger partial charge is 0.315 e. The van der Waals surface area contributed by atoms with Gasteiger partial charge in [-0.05, 0) is 24.6 Å². The van der Waals surface area contributed by atoms with Crippen LogP contribution in [0, 0.1) is 11.7 Å². The van der Waals surface area contributed by atoms with E-state index in [9.17, 15) is 14.0 Å². The highest BCUT2D eigenvalue weighted by molar-refractivity contribution is 9.10. The van der Waals surface area contributed by atoms with E-state index < -0.39 is 17.8 Å². The molecule has 0 radical (unpaired) electrons. The Hall–Kier alpha value is -1.43. The first kappa shape index (κ1) is 13.6. The van der Waals surface area contributed by atoms with E-state index in [1.807, 2.05) is 0 Å². The number of carbonyl (C=O) groups excluding carboxylic acids is 1. The lowest BCUT2D eigenvalue weighted by atomic mass is 10.1. The molecule has 1 amide bonds. The van der Waals surface area contributed by atoms with Gasteiger partial charge in [0.05, 0.1) is 0 Å². The van der Waals surface area contributed by atoms with E-state index in [2.05, 4.69) is 21.2 Å². The largest absolute Gasteiger partial charge is 0.481 e. The molecule has 1 aromatic rings. The van der Waals surface area contributed by atoms with Gasteiger partial charge in [0.25, 0.3) is 0 Å². The van der Waals surface area contributed by atoms with Crippen molar-refractivity contribution in [1.82, 2.24) is 5.32 Å². The first-order valence-electron chi connectivity index (χ1n) is 4.86. The summed E-state index contributed by atoms with van der Waals surface area (Å²) in [4.78, 5) is 21.9. The minimum atomic E-state index is -1.18. The van der Waals surface area contributed by atoms with Crippen molar-refractivity contribution in [3.05, 3.63) is 34.1 Å². The summed E-state index contributed by atoms with van der Waals surface area (Å²) in [6.07, 6.45) is 0. The topological polar surface area (TPSA) is 66.4 Å². The second-order valence-corrected chi connectivity index (χ2v) is 4.37. The van der Waals surface area contributed by atoms with Gasteiger partial charge in [-0.1, -0.05) is 22.0 Å². The van der Waals surface area contributed by atoms with Crippen molar-refractivity contribution < 1.29 is 19.1 Å². The van der Waals surface area contributed by atoms with E-state index in [4.69, 9.17) is 5.11 Å². The molecule has 0 aromatic heterocycles. The Balaban J connectivity index is 2.62. The van der Waals surface area contributed by atoms with E-state index in [1.165, 1.54) is 25.1 Å². The second kappa shape index (κ2) is 5.77. The first-order valence-corrected chi connectivity index (χ1v) is 5.65. The Morgan fingerprint density at radius 1 is 1.53 bits per heavy atom. The van der Waals surface area contributed by atoms with Crippen LogP contribution >= 0.6 is 15.9 Å². The highest BCUT2D eigenvalue weighted by atomic mass is 79.9. The summed E-state index contributed by atoms with van der Waals surface area (Å²) in [5.41, 5.74) is 0.678. The van der Waals surface area contributed by atoms with Crippen LogP contribution < -0.4 is 5.32 Å². The predicted octanol–water partition coefficient (Wildman–Crippen LogP) is 1.93. The van der Waals surface area contributed by atoms with Crippen LogP contribution in [0.3, 0.4) is 0 Å². The zero-order chi connectivity index (χ0) is 13.0. The van der Waals surface area contributed by atoms with Crippen molar-refractivity contribution in [3.8, 4) is 0 Å². The molecule has 1 unspecified atom stereocenters. The minimum absolute atomic E-state index is 0.150. The molecule has 0 aliphatic heterocycles. The fourth-order valence-electron chi connectivity index (χ4n) is 1.11. The van der Waals surface area contributed by atoms with Gasteiger partial charge in [-0.2, -0.15) is 0 Å². The summed E-state index contributed by atoms with van der Waals surface area (Å²) in [5.74, 6) is -3.24. The lowest BCUT2D eigenvalue weighted by molar-refractivity contribution is -0.146. The van der Waals surface area contributed by atoms with Crippen LogP contribution in [0.15, 0.2) is 22.7 Å². The quantitative estimate of drug-likeness (QED) is 0.835. The van der Waals surface area contributed by atoms with Gasteiger partial charge in [-0.3, -0.25) is 9.59 Å². The standard InChI is InChI=1S/C11H11BrFNO3/c1-6(11(16)17)10(15)14-5-7-2-3-8(13)4-9(7)12/h2-4,6H,5H2,1H3,(H,14,15)(H,16,17). The molecule has 0 fully saturated rings. The summed E-state index contributed by atoms with van der Waals surface area (Å²) in [7, 11) is 0. The van der Waals surface area contributed by atoms with E-state index >= 15 is 0 Å². The van der Waals surface area contributed by atoms with Gasteiger partial charge < -0.3 is 10.4 Å². The molecule has 0 bridgehead atoms. The fourth-order valence-corrected chi connectivity index (χ4v) is 1.60. The first-order chi connectivity index (χ1) is 7.91. The Labute approximate surface area is 106 Å². The third-order valence-corrected chi connectivity index (χ3v) is 2.97. The molecule has 0 aliphatic rings. The normalized spacial score (nSPS) is 11.9. The maximum absolute atomic E-state index is 12.8. The van der Waals surface area contributed by atoms with Crippen molar-refractivity contribution in [2.24, 2.45) is 5.92 Å². The molecule has 0 heterocycles. The number of carboxylic acid groups (broad SMARTS) is 1. The monoisotopic (exact) mass is 303 g/mol. The Bertz CT molecular complexity index is 450. The van der Waals surface area contributed by atoms with Crippen LogP contribution in [0.25, 0.3) is 0 Å². The van der Waals surface area contributed by atoms with Crippen molar-refractivity contribution in [2.75, 3.05) is 0 Å². The van der Waals surface area contributed by atoms with Crippen molar-refractivity contribution in [1.29, 1.82) is 0 Å². The molecule has 6 heteroatoms. The molecule has 0 aliphatic carbocycles. The number of benzene rings is 1. The summed E-state index contributed by atoms with van der Waals surface area (Å²) in [6, 6.07) is 4.07. The maximum Gasteiger partial charge on any atom is 0.315 e. The zero-order valence-electron chi connectivity index (χ0n) is 9.04. The molecule has 1 rings (SSSR count). The van der Waals surface area contributed by atoms with Gasteiger partial charge in [0.2, 0.25) is 5.91 Å². The zero-order valence-corrected chi connectivity index (χ0v) is 10.6. The molecule has 92 valence electrons. The average Bonchev–Trinajstić information content (AvgIpc) is 2.26. The number of hydrogen-bond acceptors (Lipinski definition) is 2. The van der Waals surface area contributed by atoms with E-state index in [-0.39, 0.29) is 12.4 Å². The van der Waals surface area contributed by atoms with E-state index in [0.717, 1.165) is 0 Å². The minimum Gasteiger partial charge on any atom is -0.481 e. The SMILES string of the molecule is CC(C(=O)O)C(=O)NCc1ccc(F)cc1Br. The maximum atomic E-state index is 12.8. The molecule has 2 N–H and O–H groups in total. The predicted molar refractivity (Wildman–Crippen MR) is 62.7 cm³/mol. The second-order valence-electron chi connectivity index (χ2n) is 3.51. The van der Waals surface area contributed by atoms with Gasteiger partial charge in [0.1, 0.15) is 11.7 Å². The van der Waals surface area contributed by atoms with Gasteiger partial charge in [-0.25, -0.2) is 4.39 Å². The van der Waals surface area contributed by atoms with Crippen LogP contribution in [-0.4, -0.2) is 17.0 Å². The molecule has 4 nitrogen and oxygen atoms in total. The Morgan fingerprint density at radius 3 is 2.71 bits per heavy atom. The van der Waals surface area contributed by atoms with Crippen molar-refractivity contribution >= 4 is 27.8 Å². The highest BCUT2D eigenvalue weighted by Crippen LogP contribution is 2.17. The third kappa shape index (κ3) is 3.81. The van der Waals surface area contributed by atoms with Crippen LogP contribution in [0.5, 0.6) is 0 Å². The van der Waals surface area contributed by atoms with Crippen LogP contribution in [-0.2, 0) is 16.1 Å². The number of rotatable bonds is 4. The van der Waals surface area contributed by atoms with Crippen LogP contribution in [0.1, 0.15) is 12.5 Å². The molecular weight excluding hydrogens is 293 g/mol. The molecular formula is C11H11BrFNO3. The number of halogens is 2. The molecule has 0 spiro atoms. The lowest BCUT2D eigenvalue weighted by Gasteiger charge is -2.09. The molecule has 1 aromatic carbocycles. The summed E-state index contributed by atoms with van der Waals surface area (Å²) < 4.78 is 13.3. The number of aliphatic carboxylic acids is 1. The molecule has 17 heavy (non-hydrogen) atoms. The van der Waals surface area contributed by atoms with Crippen molar-refractivity contribution in [3.63, 3.8) is 0 Å². The molecule has 1 atom stereocenters. The Morgan fingerprint density at radius 2 is 2.18 bits per heavy atom. The lowest BCUT2D eigenvalue weighted by Crippen LogP contribution is -2.33. The molecule has 0 saturated heterocycles. The van der Waals surface area contributed by atoms with E-state index in [1.54, 1.807) is 0 Å². The summed E-state index contributed by atoms with van der Waals surface area (Å²) in [5, 5.41) is 11.1. The highest BCUT2D eigenvalue weighted by Gasteiger charge is 2.19. The third-order valence-electron chi connectivity index (χ3n) is 2.23. The van der Waals surface area contributed by atoms with Crippen molar-refractivity contribution in [2.45, 2.75) is 13.5 Å².